The first kappa shape index (κ1) is 22.2. The van der Waals surface area contributed by atoms with Gasteiger partial charge in [-0.3, -0.25) is 9.36 Å². The first-order valence-electron chi connectivity index (χ1n) is 10.6. The Labute approximate surface area is 205 Å². The number of furan rings is 1. The number of aromatic hydroxyl groups is 1. The Morgan fingerprint density at radius 3 is 2.40 bits per heavy atom. The molecule has 0 saturated heterocycles. The van der Waals surface area contributed by atoms with Gasteiger partial charge in [0.25, 0.3) is 5.91 Å². The highest BCUT2D eigenvalue weighted by molar-refractivity contribution is 7.99. The predicted octanol–water partition coefficient (Wildman–Crippen LogP) is 5.15. The van der Waals surface area contributed by atoms with Gasteiger partial charge in [0.05, 0.1) is 11.8 Å². The van der Waals surface area contributed by atoms with Crippen LogP contribution >= 0.6 is 11.8 Å². The number of carbonyl (C=O) groups excluding carboxylic acids is 1. The maximum atomic E-state index is 12.2. The zero-order valence-electron chi connectivity index (χ0n) is 18.3. The van der Waals surface area contributed by atoms with Gasteiger partial charge in [0.2, 0.25) is 5.16 Å². The van der Waals surface area contributed by atoms with Crippen molar-refractivity contribution < 1.29 is 14.3 Å². The fourth-order valence-electron chi connectivity index (χ4n) is 3.35. The van der Waals surface area contributed by atoms with Gasteiger partial charge >= 0.3 is 0 Å². The SMILES string of the molecule is O=C(N/N=C/c1ccc(Sc2nnc(-c3ccccc3)n2-c2ccccc2)o1)c1ccccc1O. The van der Waals surface area contributed by atoms with E-state index in [1.165, 1.54) is 30.1 Å². The van der Waals surface area contributed by atoms with Crippen LogP contribution < -0.4 is 5.43 Å². The van der Waals surface area contributed by atoms with E-state index in [0.29, 0.717) is 16.0 Å². The Hall–Kier alpha value is -4.63. The minimum atomic E-state index is -0.523. The number of amides is 1. The Morgan fingerprint density at radius 1 is 0.914 bits per heavy atom. The lowest BCUT2D eigenvalue weighted by Crippen LogP contribution is -2.17. The molecular weight excluding hydrogens is 462 g/mol. The summed E-state index contributed by atoms with van der Waals surface area (Å²) in [5.74, 6) is 0.526. The van der Waals surface area contributed by atoms with Gasteiger partial charge in [-0.05, 0) is 48.2 Å². The number of hydrogen-bond donors (Lipinski definition) is 2. The van der Waals surface area contributed by atoms with Gasteiger partial charge in [0.15, 0.2) is 10.9 Å². The van der Waals surface area contributed by atoms with E-state index >= 15 is 0 Å². The monoisotopic (exact) mass is 481 g/mol. The van der Waals surface area contributed by atoms with Crippen molar-refractivity contribution in [3.8, 4) is 22.8 Å². The highest BCUT2D eigenvalue weighted by Gasteiger charge is 2.18. The summed E-state index contributed by atoms with van der Waals surface area (Å²) in [6, 6.07) is 29.5. The molecule has 2 heterocycles. The minimum absolute atomic E-state index is 0.116. The molecule has 9 heteroatoms. The molecule has 2 N–H and O–H groups in total. The van der Waals surface area contributed by atoms with Crippen LogP contribution in [0.15, 0.2) is 117 Å². The van der Waals surface area contributed by atoms with Crippen molar-refractivity contribution in [3.05, 3.63) is 108 Å². The number of para-hydroxylation sites is 2. The summed E-state index contributed by atoms with van der Waals surface area (Å²) < 4.78 is 7.81. The predicted molar refractivity (Wildman–Crippen MR) is 133 cm³/mol. The number of hydrogen-bond acceptors (Lipinski definition) is 7. The number of nitrogens with one attached hydrogen (secondary N) is 1. The van der Waals surface area contributed by atoms with Crippen LogP contribution in [-0.4, -0.2) is 32.0 Å². The molecule has 0 unspecified atom stereocenters. The average Bonchev–Trinajstić information content (AvgIpc) is 3.52. The first-order chi connectivity index (χ1) is 17.2. The van der Waals surface area contributed by atoms with Gasteiger partial charge < -0.3 is 9.52 Å². The Balaban J connectivity index is 1.35. The lowest BCUT2D eigenvalue weighted by Gasteiger charge is -2.09. The largest absolute Gasteiger partial charge is 0.507 e. The molecule has 172 valence electrons. The van der Waals surface area contributed by atoms with Crippen molar-refractivity contribution in [2.24, 2.45) is 5.10 Å². The number of benzene rings is 3. The molecule has 35 heavy (non-hydrogen) atoms. The summed E-state index contributed by atoms with van der Waals surface area (Å²) >= 11 is 1.32. The molecule has 0 radical (unpaired) electrons. The average molecular weight is 482 g/mol. The third kappa shape index (κ3) is 4.99. The third-order valence-corrected chi connectivity index (χ3v) is 5.85. The lowest BCUT2D eigenvalue weighted by atomic mass is 10.2. The molecule has 2 aromatic heterocycles. The topological polar surface area (TPSA) is 106 Å². The molecular formula is C26H19N5O3S. The molecule has 5 aromatic rings. The standard InChI is InChI=1S/C26H19N5O3S/c32-22-14-8-7-13-21(22)25(33)29-27-17-20-15-16-23(34-20)35-26-30-28-24(18-9-3-1-4-10-18)31(26)19-11-5-2-6-12-19/h1-17,32H,(H,29,33)/b27-17+. The second-order valence-electron chi connectivity index (χ2n) is 7.32. The summed E-state index contributed by atoms with van der Waals surface area (Å²) in [6.45, 7) is 0. The van der Waals surface area contributed by atoms with Gasteiger partial charge in [0.1, 0.15) is 11.5 Å². The van der Waals surface area contributed by atoms with Gasteiger partial charge in [-0.2, -0.15) is 5.10 Å². The van der Waals surface area contributed by atoms with E-state index in [0.717, 1.165) is 17.1 Å². The second kappa shape index (κ2) is 10.1. The van der Waals surface area contributed by atoms with E-state index in [-0.39, 0.29) is 11.3 Å². The number of rotatable bonds is 7. The molecule has 0 saturated carbocycles. The second-order valence-corrected chi connectivity index (χ2v) is 8.29. The van der Waals surface area contributed by atoms with Crippen molar-refractivity contribution in [2.75, 3.05) is 0 Å². The van der Waals surface area contributed by atoms with Crippen LogP contribution in [0.3, 0.4) is 0 Å². The molecule has 1 amide bonds. The summed E-state index contributed by atoms with van der Waals surface area (Å²) in [7, 11) is 0. The Bertz CT molecular complexity index is 1480. The Morgan fingerprint density at radius 2 is 1.63 bits per heavy atom. The zero-order valence-corrected chi connectivity index (χ0v) is 19.1. The minimum Gasteiger partial charge on any atom is -0.507 e. The number of aromatic nitrogens is 3. The van der Waals surface area contributed by atoms with Crippen molar-refractivity contribution in [3.63, 3.8) is 0 Å². The van der Waals surface area contributed by atoms with Crippen LogP contribution in [0.2, 0.25) is 0 Å². The van der Waals surface area contributed by atoms with Gasteiger partial charge in [0, 0.05) is 11.3 Å². The quantitative estimate of drug-likeness (QED) is 0.246. The lowest BCUT2D eigenvalue weighted by molar-refractivity contribution is 0.0952. The van der Waals surface area contributed by atoms with Crippen LogP contribution in [0.1, 0.15) is 16.1 Å². The number of hydrazone groups is 1. The van der Waals surface area contributed by atoms with Crippen LogP contribution in [-0.2, 0) is 0 Å². The van der Waals surface area contributed by atoms with Crippen molar-refractivity contribution in [1.29, 1.82) is 0 Å². The molecule has 3 aromatic carbocycles. The molecule has 5 rings (SSSR count). The van der Waals surface area contributed by atoms with Gasteiger partial charge in [-0.25, -0.2) is 5.43 Å². The van der Waals surface area contributed by atoms with Crippen LogP contribution in [0, 0.1) is 0 Å². The van der Waals surface area contributed by atoms with E-state index in [2.05, 4.69) is 20.7 Å². The summed E-state index contributed by atoms with van der Waals surface area (Å²) in [5.41, 5.74) is 4.39. The first-order valence-corrected chi connectivity index (χ1v) is 11.5. The van der Waals surface area contributed by atoms with Gasteiger partial charge in [-0.1, -0.05) is 60.7 Å². The van der Waals surface area contributed by atoms with Crippen molar-refractivity contribution >= 4 is 23.9 Å². The Kier molecular flexibility index (Phi) is 6.40. The highest BCUT2D eigenvalue weighted by atomic mass is 32.2. The number of carbonyl (C=O) groups is 1. The molecule has 0 aliphatic heterocycles. The van der Waals surface area contributed by atoms with Gasteiger partial charge in [-0.15, -0.1) is 10.2 Å². The maximum absolute atomic E-state index is 12.2. The van der Waals surface area contributed by atoms with E-state index in [1.54, 1.807) is 24.3 Å². The molecule has 8 nitrogen and oxygen atoms in total. The summed E-state index contributed by atoms with van der Waals surface area (Å²) in [4.78, 5) is 12.2. The molecule has 0 atom stereocenters. The van der Waals surface area contributed by atoms with E-state index in [1.807, 2.05) is 65.2 Å². The third-order valence-electron chi connectivity index (χ3n) is 4.98. The molecule has 0 spiro atoms. The number of phenols is 1. The molecule has 0 bridgehead atoms. The van der Waals surface area contributed by atoms with E-state index in [4.69, 9.17) is 4.42 Å². The van der Waals surface area contributed by atoms with E-state index < -0.39 is 5.91 Å². The zero-order chi connectivity index (χ0) is 24.0. The van der Waals surface area contributed by atoms with Crippen LogP contribution in [0.25, 0.3) is 17.1 Å². The fraction of sp³-hybridized carbons (Fsp3) is 0. The molecule has 0 aliphatic rings. The smallest absolute Gasteiger partial charge is 0.275 e. The van der Waals surface area contributed by atoms with E-state index in [9.17, 15) is 9.90 Å². The molecule has 0 fully saturated rings. The van der Waals surface area contributed by atoms with Crippen LogP contribution in [0.4, 0.5) is 0 Å². The normalized spacial score (nSPS) is 11.1. The fourth-order valence-corrected chi connectivity index (χ4v) is 4.17. The van der Waals surface area contributed by atoms with Crippen molar-refractivity contribution in [2.45, 2.75) is 10.2 Å². The molecule has 0 aliphatic carbocycles. The van der Waals surface area contributed by atoms with Crippen molar-refractivity contribution in [1.82, 2.24) is 20.2 Å². The summed E-state index contributed by atoms with van der Waals surface area (Å²) in [5, 5.41) is 23.7. The summed E-state index contributed by atoms with van der Waals surface area (Å²) in [6.07, 6.45) is 1.39. The number of nitrogens with zero attached hydrogens (tertiary/aromatic N) is 4. The van der Waals surface area contributed by atoms with Crippen LogP contribution in [0.5, 0.6) is 5.75 Å². The maximum Gasteiger partial charge on any atom is 0.275 e. The number of phenolic OH excluding ortho intramolecular Hbond substituents is 1. The highest BCUT2D eigenvalue weighted by Crippen LogP contribution is 2.33.